The van der Waals surface area contributed by atoms with E-state index in [1.165, 1.54) is 5.56 Å². The van der Waals surface area contributed by atoms with E-state index in [9.17, 15) is 4.79 Å². The molecule has 0 aliphatic carbocycles. The van der Waals surface area contributed by atoms with E-state index in [0.29, 0.717) is 0 Å². The first kappa shape index (κ1) is 18.1. The van der Waals surface area contributed by atoms with E-state index in [-0.39, 0.29) is 12.5 Å². The number of nitrogens with zero attached hydrogens (tertiary/aromatic N) is 2. The van der Waals surface area contributed by atoms with Crippen LogP contribution in [0, 0.1) is 20.8 Å². The monoisotopic (exact) mass is 365 g/mol. The molecule has 5 heteroatoms. The number of anilines is 2. The highest BCUT2D eigenvalue weighted by molar-refractivity contribution is 7.14. The molecule has 1 amide bonds. The summed E-state index contributed by atoms with van der Waals surface area (Å²) in [7, 11) is 1.89. The predicted octanol–water partition coefficient (Wildman–Crippen LogP) is 4.81. The molecule has 0 aliphatic heterocycles. The van der Waals surface area contributed by atoms with Gasteiger partial charge in [-0.25, -0.2) is 4.98 Å². The first-order valence-corrected chi connectivity index (χ1v) is 9.42. The number of amides is 1. The van der Waals surface area contributed by atoms with Gasteiger partial charge in [-0.05, 0) is 31.9 Å². The number of benzene rings is 2. The Bertz CT molecular complexity index is 895. The molecular weight excluding hydrogens is 342 g/mol. The third kappa shape index (κ3) is 4.11. The van der Waals surface area contributed by atoms with Crippen molar-refractivity contribution in [3.63, 3.8) is 0 Å². The molecule has 134 valence electrons. The average molecular weight is 366 g/mol. The van der Waals surface area contributed by atoms with Gasteiger partial charge in [0.2, 0.25) is 5.91 Å². The summed E-state index contributed by atoms with van der Waals surface area (Å²) < 4.78 is 0. The SMILES string of the molecule is Cc1cc(C)c(NC(=O)CN(C)c2nc(-c3ccccc3)cs2)c(C)c1. The summed E-state index contributed by atoms with van der Waals surface area (Å²) >= 11 is 1.54. The minimum atomic E-state index is -0.0426. The smallest absolute Gasteiger partial charge is 0.243 e. The zero-order chi connectivity index (χ0) is 18.7. The number of hydrogen-bond acceptors (Lipinski definition) is 4. The first-order chi connectivity index (χ1) is 12.4. The largest absolute Gasteiger partial charge is 0.342 e. The Balaban J connectivity index is 1.68. The Hall–Kier alpha value is -2.66. The fourth-order valence-corrected chi connectivity index (χ4v) is 3.82. The van der Waals surface area contributed by atoms with Crippen LogP contribution in [-0.4, -0.2) is 24.5 Å². The molecule has 0 unspecified atom stereocenters. The number of carbonyl (C=O) groups excluding carboxylic acids is 1. The zero-order valence-corrected chi connectivity index (χ0v) is 16.4. The quantitative estimate of drug-likeness (QED) is 0.706. The van der Waals surface area contributed by atoms with Crippen LogP contribution < -0.4 is 10.2 Å². The van der Waals surface area contributed by atoms with Crippen molar-refractivity contribution in [2.75, 3.05) is 23.8 Å². The summed E-state index contributed by atoms with van der Waals surface area (Å²) in [5, 5.41) is 5.89. The van der Waals surface area contributed by atoms with Gasteiger partial charge in [-0.15, -0.1) is 11.3 Å². The molecule has 1 N–H and O–H groups in total. The molecule has 0 saturated heterocycles. The molecule has 0 spiro atoms. The van der Waals surface area contributed by atoms with Gasteiger partial charge in [0.15, 0.2) is 5.13 Å². The van der Waals surface area contributed by atoms with E-state index in [4.69, 9.17) is 0 Å². The van der Waals surface area contributed by atoms with E-state index >= 15 is 0 Å². The fourth-order valence-electron chi connectivity index (χ4n) is 3.02. The van der Waals surface area contributed by atoms with E-state index in [1.54, 1.807) is 11.3 Å². The number of nitrogens with one attached hydrogen (secondary N) is 1. The van der Waals surface area contributed by atoms with Crippen molar-refractivity contribution in [2.24, 2.45) is 0 Å². The molecular formula is C21H23N3OS. The molecule has 0 saturated carbocycles. The van der Waals surface area contributed by atoms with Crippen molar-refractivity contribution in [1.82, 2.24) is 4.98 Å². The lowest BCUT2D eigenvalue weighted by molar-refractivity contribution is -0.114. The Labute approximate surface area is 158 Å². The van der Waals surface area contributed by atoms with Crippen molar-refractivity contribution in [1.29, 1.82) is 0 Å². The number of carbonyl (C=O) groups is 1. The van der Waals surface area contributed by atoms with Crippen molar-refractivity contribution >= 4 is 28.1 Å². The standard InChI is InChI=1S/C21H23N3OS/c1-14-10-15(2)20(16(3)11-14)23-19(25)12-24(4)21-22-18(13-26-21)17-8-6-5-7-9-17/h5-11,13H,12H2,1-4H3,(H,23,25). The lowest BCUT2D eigenvalue weighted by Gasteiger charge is -2.17. The van der Waals surface area contributed by atoms with Crippen molar-refractivity contribution in [3.8, 4) is 11.3 Å². The Kier molecular flexibility index (Phi) is 5.38. The maximum Gasteiger partial charge on any atom is 0.243 e. The van der Waals surface area contributed by atoms with Gasteiger partial charge in [0.25, 0.3) is 0 Å². The number of hydrogen-bond donors (Lipinski definition) is 1. The summed E-state index contributed by atoms with van der Waals surface area (Å²) in [6, 6.07) is 14.2. The van der Waals surface area contributed by atoms with Gasteiger partial charge in [-0.3, -0.25) is 4.79 Å². The van der Waals surface area contributed by atoms with Crippen LogP contribution in [0.5, 0.6) is 0 Å². The van der Waals surface area contributed by atoms with Gasteiger partial charge in [-0.2, -0.15) is 0 Å². The predicted molar refractivity (Wildman–Crippen MR) is 110 cm³/mol. The second kappa shape index (κ2) is 7.70. The third-order valence-electron chi connectivity index (χ3n) is 4.21. The van der Waals surface area contributed by atoms with Gasteiger partial charge in [-0.1, -0.05) is 48.0 Å². The van der Waals surface area contributed by atoms with Gasteiger partial charge in [0.1, 0.15) is 0 Å². The zero-order valence-electron chi connectivity index (χ0n) is 15.5. The van der Waals surface area contributed by atoms with Crippen LogP contribution in [0.2, 0.25) is 0 Å². The molecule has 2 aromatic carbocycles. The molecule has 0 radical (unpaired) electrons. The number of aryl methyl sites for hydroxylation is 3. The van der Waals surface area contributed by atoms with Crippen LogP contribution in [0.4, 0.5) is 10.8 Å². The topological polar surface area (TPSA) is 45.2 Å². The number of likely N-dealkylation sites (N-methyl/N-ethyl adjacent to an activating group) is 1. The molecule has 0 bridgehead atoms. The second-order valence-electron chi connectivity index (χ2n) is 6.56. The lowest BCUT2D eigenvalue weighted by atomic mass is 10.1. The molecule has 3 aromatic rings. The van der Waals surface area contributed by atoms with Gasteiger partial charge in [0, 0.05) is 23.7 Å². The number of aromatic nitrogens is 1. The molecule has 0 aliphatic rings. The summed E-state index contributed by atoms with van der Waals surface area (Å²) in [6.45, 7) is 6.36. The van der Waals surface area contributed by atoms with Crippen LogP contribution in [0.25, 0.3) is 11.3 Å². The van der Waals surface area contributed by atoms with E-state index in [0.717, 1.165) is 33.2 Å². The van der Waals surface area contributed by atoms with E-state index in [2.05, 4.69) is 29.4 Å². The number of rotatable bonds is 5. The van der Waals surface area contributed by atoms with Gasteiger partial charge < -0.3 is 10.2 Å². The highest BCUT2D eigenvalue weighted by Gasteiger charge is 2.14. The maximum atomic E-state index is 12.5. The summed E-state index contributed by atoms with van der Waals surface area (Å²) in [6.07, 6.45) is 0. The van der Waals surface area contributed by atoms with Crippen molar-refractivity contribution in [2.45, 2.75) is 20.8 Å². The highest BCUT2D eigenvalue weighted by atomic mass is 32.1. The van der Waals surface area contributed by atoms with E-state index < -0.39 is 0 Å². The molecule has 1 heterocycles. The summed E-state index contributed by atoms with van der Waals surface area (Å²) in [5.41, 5.74) is 6.28. The first-order valence-electron chi connectivity index (χ1n) is 8.54. The van der Waals surface area contributed by atoms with Crippen molar-refractivity contribution < 1.29 is 4.79 Å². The maximum absolute atomic E-state index is 12.5. The van der Waals surface area contributed by atoms with Crippen LogP contribution in [0.3, 0.4) is 0 Å². The minimum absolute atomic E-state index is 0.0426. The highest BCUT2D eigenvalue weighted by Crippen LogP contribution is 2.27. The van der Waals surface area contributed by atoms with Crippen molar-refractivity contribution in [3.05, 3.63) is 64.5 Å². The lowest BCUT2D eigenvalue weighted by Crippen LogP contribution is -2.30. The fraction of sp³-hybridized carbons (Fsp3) is 0.238. The molecule has 0 atom stereocenters. The summed E-state index contributed by atoms with van der Waals surface area (Å²) in [5.74, 6) is -0.0426. The normalized spacial score (nSPS) is 10.6. The van der Waals surface area contributed by atoms with Crippen LogP contribution in [-0.2, 0) is 4.79 Å². The summed E-state index contributed by atoms with van der Waals surface area (Å²) in [4.78, 5) is 19.0. The minimum Gasteiger partial charge on any atom is -0.342 e. The third-order valence-corrected chi connectivity index (χ3v) is 5.17. The Morgan fingerprint density at radius 3 is 2.42 bits per heavy atom. The molecule has 26 heavy (non-hydrogen) atoms. The molecule has 0 fully saturated rings. The van der Waals surface area contributed by atoms with E-state index in [1.807, 2.05) is 61.5 Å². The Morgan fingerprint density at radius 2 is 1.77 bits per heavy atom. The van der Waals surface area contributed by atoms with Crippen LogP contribution in [0.1, 0.15) is 16.7 Å². The van der Waals surface area contributed by atoms with Crippen LogP contribution in [0.15, 0.2) is 47.8 Å². The Morgan fingerprint density at radius 1 is 1.12 bits per heavy atom. The molecule has 3 rings (SSSR count). The molecule has 1 aromatic heterocycles. The van der Waals surface area contributed by atoms with Gasteiger partial charge >= 0.3 is 0 Å². The van der Waals surface area contributed by atoms with Gasteiger partial charge in [0.05, 0.1) is 12.2 Å². The average Bonchev–Trinajstić information content (AvgIpc) is 3.09. The second-order valence-corrected chi connectivity index (χ2v) is 7.40. The molecule has 4 nitrogen and oxygen atoms in total. The number of thiazole rings is 1. The van der Waals surface area contributed by atoms with Crippen LogP contribution >= 0.6 is 11.3 Å².